The summed E-state index contributed by atoms with van der Waals surface area (Å²) in [4.78, 5) is 14.5. The van der Waals surface area contributed by atoms with Crippen molar-refractivity contribution in [3.8, 4) is 0 Å². The second-order valence-electron chi connectivity index (χ2n) is 6.00. The second-order valence-corrected chi connectivity index (χ2v) is 7.66. The maximum atomic E-state index is 12.2. The van der Waals surface area contributed by atoms with Gasteiger partial charge in [0, 0.05) is 11.3 Å². The molecule has 0 saturated heterocycles. The van der Waals surface area contributed by atoms with Crippen LogP contribution < -0.4 is 10.1 Å². The first-order chi connectivity index (χ1) is 13.5. The van der Waals surface area contributed by atoms with Gasteiger partial charge in [-0.05, 0) is 48.9 Å². The summed E-state index contributed by atoms with van der Waals surface area (Å²) in [7, 11) is -3.71. The standard InChI is InChI=1S/C21H19N3O3S/c1-16(23-24-28(26,27)20-10-6-3-7-11-20)17-12-14-19(15-13-17)22-21(25)18-8-4-2-5-9-18/h2-15,24H,1H3,(H,22,25)/b23-16+. The first kappa shape index (κ1) is 19.3. The van der Waals surface area contributed by atoms with Crippen molar-refractivity contribution in [1.29, 1.82) is 0 Å². The molecule has 0 aromatic heterocycles. The van der Waals surface area contributed by atoms with Crippen molar-refractivity contribution in [3.63, 3.8) is 0 Å². The molecule has 2 N–H and O–H groups in total. The van der Waals surface area contributed by atoms with E-state index in [1.165, 1.54) is 12.1 Å². The monoisotopic (exact) mass is 393 g/mol. The van der Waals surface area contributed by atoms with Crippen LogP contribution in [0.25, 0.3) is 0 Å². The largest absolute Gasteiger partial charge is 0.322 e. The fourth-order valence-electron chi connectivity index (χ4n) is 2.43. The fraction of sp³-hybridized carbons (Fsp3) is 0.0476. The summed E-state index contributed by atoms with van der Waals surface area (Å²) in [6.45, 7) is 1.70. The molecule has 0 spiro atoms. The van der Waals surface area contributed by atoms with Gasteiger partial charge in [0.25, 0.3) is 15.9 Å². The summed E-state index contributed by atoms with van der Waals surface area (Å²) >= 11 is 0. The summed E-state index contributed by atoms with van der Waals surface area (Å²) in [5, 5.41) is 6.78. The molecule has 0 bridgehead atoms. The van der Waals surface area contributed by atoms with E-state index in [0.29, 0.717) is 17.0 Å². The Morgan fingerprint density at radius 2 is 1.36 bits per heavy atom. The molecule has 3 aromatic carbocycles. The summed E-state index contributed by atoms with van der Waals surface area (Å²) in [5.41, 5.74) is 2.43. The van der Waals surface area contributed by atoms with Crippen LogP contribution in [0.2, 0.25) is 0 Å². The Hall–Kier alpha value is -3.45. The Balaban J connectivity index is 1.67. The molecule has 1 amide bonds. The highest BCUT2D eigenvalue weighted by Gasteiger charge is 2.12. The molecule has 142 valence electrons. The number of carbonyl (C=O) groups is 1. The Morgan fingerprint density at radius 1 is 0.786 bits per heavy atom. The number of anilines is 1. The zero-order chi connectivity index (χ0) is 20.0. The highest BCUT2D eigenvalue weighted by atomic mass is 32.2. The molecule has 3 aromatic rings. The number of nitrogens with zero attached hydrogens (tertiary/aromatic N) is 1. The Morgan fingerprint density at radius 3 is 1.96 bits per heavy atom. The molecular formula is C21H19N3O3S. The van der Waals surface area contributed by atoms with Crippen molar-refractivity contribution in [1.82, 2.24) is 4.83 Å². The molecule has 0 radical (unpaired) electrons. The number of amides is 1. The van der Waals surface area contributed by atoms with E-state index in [4.69, 9.17) is 0 Å². The minimum Gasteiger partial charge on any atom is -0.322 e. The lowest BCUT2D eigenvalue weighted by molar-refractivity contribution is 0.102. The average Bonchev–Trinajstić information content (AvgIpc) is 2.74. The predicted molar refractivity (Wildman–Crippen MR) is 110 cm³/mol. The molecule has 0 aliphatic carbocycles. The van der Waals surface area contributed by atoms with Crippen LogP contribution in [0.1, 0.15) is 22.8 Å². The van der Waals surface area contributed by atoms with E-state index in [0.717, 1.165) is 5.56 Å². The molecule has 0 fully saturated rings. The third kappa shape index (κ3) is 4.83. The number of nitrogens with one attached hydrogen (secondary N) is 2. The van der Waals surface area contributed by atoms with Gasteiger partial charge in [-0.25, -0.2) is 0 Å². The van der Waals surface area contributed by atoms with E-state index in [9.17, 15) is 13.2 Å². The lowest BCUT2D eigenvalue weighted by atomic mass is 10.1. The van der Waals surface area contributed by atoms with Crippen molar-refractivity contribution in [2.45, 2.75) is 11.8 Å². The Bertz CT molecular complexity index is 1080. The smallest absolute Gasteiger partial charge is 0.276 e. The van der Waals surface area contributed by atoms with Crippen molar-refractivity contribution in [3.05, 3.63) is 96.1 Å². The minimum absolute atomic E-state index is 0.144. The van der Waals surface area contributed by atoms with Gasteiger partial charge in [-0.1, -0.05) is 48.5 Å². The van der Waals surface area contributed by atoms with Crippen LogP contribution in [0.5, 0.6) is 0 Å². The van der Waals surface area contributed by atoms with Crippen molar-refractivity contribution < 1.29 is 13.2 Å². The molecule has 0 saturated carbocycles. The van der Waals surface area contributed by atoms with Gasteiger partial charge >= 0.3 is 0 Å². The van der Waals surface area contributed by atoms with Gasteiger partial charge in [-0.3, -0.25) is 4.79 Å². The van der Waals surface area contributed by atoms with Crippen LogP contribution in [0.3, 0.4) is 0 Å². The molecule has 0 heterocycles. The van der Waals surface area contributed by atoms with Gasteiger partial charge in [0.2, 0.25) is 0 Å². The summed E-state index contributed by atoms with van der Waals surface area (Å²) in [6.07, 6.45) is 0. The molecule has 0 unspecified atom stereocenters. The molecule has 0 aliphatic heterocycles. The average molecular weight is 393 g/mol. The number of sulfonamides is 1. The lowest BCUT2D eigenvalue weighted by Crippen LogP contribution is -2.19. The molecule has 28 heavy (non-hydrogen) atoms. The molecule has 6 nitrogen and oxygen atoms in total. The predicted octanol–water partition coefficient (Wildman–Crippen LogP) is 3.64. The third-order valence-electron chi connectivity index (χ3n) is 3.98. The first-order valence-electron chi connectivity index (χ1n) is 8.54. The topological polar surface area (TPSA) is 87.6 Å². The normalized spacial score (nSPS) is 11.7. The van der Waals surface area contributed by atoms with Crippen LogP contribution in [0.4, 0.5) is 5.69 Å². The van der Waals surface area contributed by atoms with Crippen LogP contribution in [-0.2, 0) is 10.0 Å². The van der Waals surface area contributed by atoms with E-state index in [1.807, 2.05) is 6.07 Å². The van der Waals surface area contributed by atoms with Crippen LogP contribution in [-0.4, -0.2) is 20.0 Å². The molecule has 0 aliphatic rings. The second kappa shape index (κ2) is 8.49. The van der Waals surface area contributed by atoms with Crippen LogP contribution in [0, 0.1) is 0 Å². The number of rotatable bonds is 6. The van der Waals surface area contributed by atoms with Gasteiger partial charge in [0.05, 0.1) is 10.6 Å². The third-order valence-corrected chi connectivity index (χ3v) is 5.21. The number of hydrazone groups is 1. The zero-order valence-electron chi connectivity index (χ0n) is 15.2. The van der Waals surface area contributed by atoms with E-state index in [2.05, 4.69) is 15.2 Å². The number of hydrogen-bond donors (Lipinski definition) is 2. The highest BCUT2D eigenvalue weighted by molar-refractivity contribution is 7.89. The molecule has 3 rings (SSSR count). The Labute approximate surface area is 164 Å². The first-order valence-corrected chi connectivity index (χ1v) is 10.0. The maximum absolute atomic E-state index is 12.2. The lowest BCUT2D eigenvalue weighted by Gasteiger charge is -2.08. The van der Waals surface area contributed by atoms with Crippen molar-refractivity contribution in [2.75, 3.05) is 5.32 Å². The number of carbonyl (C=O) groups excluding carboxylic acids is 1. The SMILES string of the molecule is C/C(=N\NS(=O)(=O)c1ccccc1)c1ccc(NC(=O)c2ccccc2)cc1. The summed E-state index contributed by atoms with van der Waals surface area (Å²) < 4.78 is 24.4. The van der Waals surface area contributed by atoms with E-state index in [1.54, 1.807) is 73.7 Å². The molecule has 7 heteroatoms. The molecular weight excluding hydrogens is 374 g/mol. The number of hydrogen-bond acceptors (Lipinski definition) is 4. The fourth-order valence-corrected chi connectivity index (χ4v) is 3.31. The van der Waals surface area contributed by atoms with Gasteiger partial charge in [0.1, 0.15) is 0 Å². The Kier molecular flexibility index (Phi) is 5.86. The quantitative estimate of drug-likeness (QED) is 0.495. The van der Waals surface area contributed by atoms with Gasteiger partial charge in [-0.15, -0.1) is 0 Å². The summed E-state index contributed by atoms with van der Waals surface area (Å²) in [5.74, 6) is -0.200. The maximum Gasteiger partial charge on any atom is 0.276 e. The van der Waals surface area contributed by atoms with Gasteiger partial charge in [-0.2, -0.15) is 18.4 Å². The van der Waals surface area contributed by atoms with Crippen LogP contribution in [0.15, 0.2) is 94.9 Å². The highest BCUT2D eigenvalue weighted by Crippen LogP contribution is 2.13. The zero-order valence-corrected chi connectivity index (χ0v) is 16.0. The van der Waals surface area contributed by atoms with Gasteiger partial charge < -0.3 is 5.32 Å². The van der Waals surface area contributed by atoms with Crippen molar-refractivity contribution in [2.24, 2.45) is 5.10 Å². The number of benzene rings is 3. The van der Waals surface area contributed by atoms with Gasteiger partial charge in [0.15, 0.2) is 0 Å². The molecule has 0 atom stereocenters. The van der Waals surface area contributed by atoms with E-state index >= 15 is 0 Å². The van der Waals surface area contributed by atoms with Crippen LogP contribution >= 0.6 is 0 Å². The van der Waals surface area contributed by atoms with Crippen molar-refractivity contribution >= 4 is 27.3 Å². The van der Waals surface area contributed by atoms with E-state index < -0.39 is 10.0 Å². The van der Waals surface area contributed by atoms with E-state index in [-0.39, 0.29) is 10.8 Å². The summed E-state index contributed by atoms with van der Waals surface area (Å²) in [6, 6.07) is 23.9. The minimum atomic E-state index is -3.71.